The van der Waals surface area contributed by atoms with Gasteiger partial charge in [0.25, 0.3) is 0 Å². The number of nitrogens with zero attached hydrogens (tertiary/aromatic N) is 6. The largest absolute Gasteiger partial charge is 0.424 e. The lowest BCUT2D eigenvalue weighted by Gasteiger charge is -2.40. The van der Waals surface area contributed by atoms with Crippen LogP contribution in [0.3, 0.4) is 0 Å². The molecule has 5 aromatic rings. The number of imidazole rings is 1. The summed E-state index contributed by atoms with van der Waals surface area (Å²) in [5.74, 6) is 1.06. The van der Waals surface area contributed by atoms with E-state index in [9.17, 15) is 4.79 Å². The highest BCUT2D eigenvalue weighted by molar-refractivity contribution is 6.04. The SMILES string of the molecule is Cc1ccnc(Oc2ccc(-c3cc4c(cc3F)ncc3nc(C)n(C5(C)CCN(C(N)=O)CC5)c34)c(C)c2)n1. The molecule has 2 aromatic carbocycles. The minimum atomic E-state index is -0.401. The second-order valence-electron chi connectivity index (χ2n) is 10.7. The van der Waals surface area contributed by atoms with Gasteiger partial charge in [-0.1, -0.05) is 6.07 Å². The number of carbonyl (C=O) groups is 1. The van der Waals surface area contributed by atoms with E-state index < -0.39 is 6.03 Å². The summed E-state index contributed by atoms with van der Waals surface area (Å²) < 4.78 is 23.6. The fraction of sp³-hybridized carbons (Fsp3) is 0.300. The molecule has 0 unspecified atom stereocenters. The second-order valence-corrected chi connectivity index (χ2v) is 10.7. The first kappa shape index (κ1) is 25.7. The lowest BCUT2D eigenvalue weighted by Crippen LogP contribution is -2.48. The van der Waals surface area contributed by atoms with Crippen molar-refractivity contribution in [2.75, 3.05) is 13.1 Å². The Labute approximate surface area is 230 Å². The van der Waals surface area contributed by atoms with Crippen molar-refractivity contribution in [1.82, 2.24) is 29.4 Å². The molecule has 1 aliphatic rings. The van der Waals surface area contributed by atoms with E-state index in [-0.39, 0.29) is 17.4 Å². The molecule has 4 heterocycles. The number of likely N-dealkylation sites (tertiary alicyclic amines) is 1. The van der Waals surface area contributed by atoms with Gasteiger partial charge in [-0.05, 0) is 75.9 Å². The Morgan fingerprint density at radius 2 is 1.77 bits per heavy atom. The summed E-state index contributed by atoms with van der Waals surface area (Å²) >= 11 is 0. The quantitative estimate of drug-likeness (QED) is 0.310. The molecule has 0 radical (unpaired) electrons. The number of hydrogen-bond acceptors (Lipinski definition) is 6. The number of piperidine rings is 1. The Hall–Kier alpha value is -4.60. The number of benzene rings is 2. The number of primary amides is 1. The molecule has 1 fully saturated rings. The van der Waals surface area contributed by atoms with Gasteiger partial charge >= 0.3 is 12.0 Å². The molecule has 2 amide bonds. The predicted octanol–water partition coefficient (Wildman–Crippen LogP) is 5.79. The number of halogens is 1. The normalized spacial score (nSPS) is 15.1. The van der Waals surface area contributed by atoms with Crippen LogP contribution in [0.1, 0.15) is 36.8 Å². The first-order valence-electron chi connectivity index (χ1n) is 13.2. The molecule has 1 aliphatic heterocycles. The molecule has 3 aromatic heterocycles. The van der Waals surface area contributed by atoms with Crippen LogP contribution in [0.4, 0.5) is 9.18 Å². The van der Waals surface area contributed by atoms with Gasteiger partial charge in [-0.3, -0.25) is 4.98 Å². The van der Waals surface area contributed by atoms with Crippen molar-refractivity contribution in [3.8, 4) is 22.9 Å². The molecule has 1 saturated heterocycles. The van der Waals surface area contributed by atoms with Crippen molar-refractivity contribution in [1.29, 1.82) is 0 Å². The maximum atomic E-state index is 15.6. The molecular weight excluding hydrogens is 509 g/mol. The molecule has 6 rings (SSSR count). The van der Waals surface area contributed by atoms with Gasteiger partial charge in [0, 0.05) is 47.5 Å². The summed E-state index contributed by atoms with van der Waals surface area (Å²) in [7, 11) is 0. The zero-order valence-electron chi connectivity index (χ0n) is 22.9. The third kappa shape index (κ3) is 4.39. The molecule has 0 spiro atoms. The molecule has 40 heavy (non-hydrogen) atoms. The summed E-state index contributed by atoms with van der Waals surface area (Å²) in [5, 5.41) is 0.820. The average molecular weight is 540 g/mol. The lowest BCUT2D eigenvalue weighted by atomic mass is 9.88. The smallest absolute Gasteiger partial charge is 0.322 e. The highest BCUT2D eigenvalue weighted by Gasteiger charge is 2.35. The van der Waals surface area contributed by atoms with Crippen LogP contribution in [0.5, 0.6) is 11.8 Å². The van der Waals surface area contributed by atoms with Gasteiger partial charge in [0.15, 0.2) is 0 Å². The molecule has 10 heteroatoms. The second kappa shape index (κ2) is 9.55. The van der Waals surface area contributed by atoms with Crippen molar-refractivity contribution >= 4 is 28.0 Å². The predicted molar refractivity (Wildman–Crippen MR) is 151 cm³/mol. The van der Waals surface area contributed by atoms with E-state index in [1.165, 1.54) is 6.07 Å². The van der Waals surface area contributed by atoms with Gasteiger partial charge in [-0.25, -0.2) is 24.1 Å². The van der Waals surface area contributed by atoms with E-state index in [4.69, 9.17) is 15.5 Å². The van der Waals surface area contributed by atoms with Crippen LogP contribution in [0, 0.1) is 26.6 Å². The summed E-state index contributed by atoms with van der Waals surface area (Å²) in [6.45, 7) is 9.07. The molecule has 0 atom stereocenters. The van der Waals surface area contributed by atoms with Crippen LogP contribution in [0.2, 0.25) is 0 Å². The number of nitrogens with two attached hydrogens (primary N) is 1. The number of carbonyl (C=O) groups excluding carboxylic acids is 1. The van der Waals surface area contributed by atoms with Crippen molar-refractivity contribution < 1.29 is 13.9 Å². The zero-order chi connectivity index (χ0) is 28.2. The fourth-order valence-electron chi connectivity index (χ4n) is 5.77. The van der Waals surface area contributed by atoms with E-state index in [1.54, 1.807) is 29.4 Å². The van der Waals surface area contributed by atoms with Crippen LogP contribution < -0.4 is 10.5 Å². The summed E-state index contributed by atoms with van der Waals surface area (Å²) in [5.41, 5.74) is 10.3. The monoisotopic (exact) mass is 539 g/mol. The Morgan fingerprint density at radius 1 is 1.00 bits per heavy atom. The van der Waals surface area contributed by atoms with Gasteiger partial charge < -0.3 is 19.9 Å². The van der Waals surface area contributed by atoms with Crippen LogP contribution in [0.25, 0.3) is 33.1 Å². The minimum Gasteiger partial charge on any atom is -0.424 e. The number of urea groups is 1. The van der Waals surface area contributed by atoms with Gasteiger partial charge in [-0.2, -0.15) is 0 Å². The Kier molecular flexibility index (Phi) is 6.13. The number of fused-ring (bicyclic) bond motifs is 3. The fourth-order valence-corrected chi connectivity index (χ4v) is 5.77. The summed E-state index contributed by atoms with van der Waals surface area (Å²) in [6.07, 6.45) is 4.80. The van der Waals surface area contributed by atoms with Crippen LogP contribution in [-0.4, -0.2) is 48.5 Å². The Balaban J connectivity index is 1.44. The molecule has 204 valence electrons. The van der Waals surface area contributed by atoms with Crippen LogP contribution in [0.15, 0.2) is 48.8 Å². The number of rotatable bonds is 4. The van der Waals surface area contributed by atoms with Crippen molar-refractivity contribution in [3.63, 3.8) is 0 Å². The van der Waals surface area contributed by atoms with E-state index in [0.29, 0.717) is 29.9 Å². The van der Waals surface area contributed by atoms with E-state index in [1.807, 2.05) is 39.0 Å². The Bertz CT molecular complexity index is 1790. The maximum absolute atomic E-state index is 15.6. The standard InChI is InChI=1S/C30H30FN7O2/c1-17-13-20(40-29-33-10-7-18(2)35-29)5-6-21(17)22-14-23-25(15-24(22)31)34-16-26-27(23)38(19(3)36-26)30(4)8-11-37(12-9-30)28(32)39/h5-7,10,13-16H,8-9,11-12H2,1-4H3,(H2,32,39). The summed E-state index contributed by atoms with van der Waals surface area (Å²) in [6, 6.07) is 10.5. The molecule has 2 N–H and O–H groups in total. The number of aromatic nitrogens is 5. The third-order valence-electron chi connectivity index (χ3n) is 7.90. The number of aryl methyl sites for hydroxylation is 3. The van der Waals surface area contributed by atoms with Gasteiger partial charge in [0.05, 0.1) is 17.2 Å². The number of amides is 2. The molecular formula is C30H30FN7O2. The van der Waals surface area contributed by atoms with Crippen molar-refractivity contribution in [3.05, 3.63) is 71.7 Å². The lowest BCUT2D eigenvalue weighted by molar-refractivity contribution is 0.139. The van der Waals surface area contributed by atoms with Crippen LogP contribution in [-0.2, 0) is 5.54 Å². The number of hydrogen-bond donors (Lipinski definition) is 1. The molecule has 0 saturated carbocycles. The topological polar surface area (TPSA) is 112 Å². The molecule has 0 bridgehead atoms. The van der Waals surface area contributed by atoms with Gasteiger partial charge in [0.1, 0.15) is 22.9 Å². The zero-order valence-corrected chi connectivity index (χ0v) is 22.9. The minimum absolute atomic E-state index is 0.260. The van der Waals surface area contributed by atoms with E-state index in [0.717, 1.165) is 51.9 Å². The first-order valence-corrected chi connectivity index (χ1v) is 13.2. The highest BCUT2D eigenvalue weighted by atomic mass is 19.1. The molecule has 9 nitrogen and oxygen atoms in total. The van der Waals surface area contributed by atoms with Crippen molar-refractivity contribution in [2.24, 2.45) is 5.73 Å². The van der Waals surface area contributed by atoms with Gasteiger partial charge in [0.2, 0.25) is 0 Å². The van der Waals surface area contributed by atoms with Crippen molar-refractivity contribution in [2.45, 2.75) is 46.1 Å². The average Bonchev–Trinajstić information content (AvgIpc) is 3.26. The Morgan fingerprint density at radius 3 is 2.48 bits per heavy atom. The number of pyridine rings is 1. The van der Waals surface area contributed by atoms with Crippen LogP contribution >= 0.6 is 0 Å². The highest BCUT2D eigenvalue weighted by Crippen LogP contribution is 2.39. The summed E-state index contributed by atoms with van der Waals surface area (Å²) in [4.78, 5) is 31.2. The van der Waals surface area contributed by atoms with E-state index >= 15 is 4.39 Å². The first-order chi connectivity index (χ1) is 19.1. The molecule has 0 aliphatic carbocycles. The maximum Gasteiger partial charge on any atom is 0.322 e. The van der Waals surface area contributed by atoms with Gasteiger partial charge in [-0.15, -0.1) is 0 Å². The third-order valence-corrected chi connectivity index (χ3v) is 7.90. The van der Waals surface area contributed by atoms with E-state index in [2.05, 4.69) is 26.4 Å². The number of ether oxygens (including phenoxy) is 1.